The predicted molar refractivity (Wildman–Crippen MR) is 87.6 cm³/mol. The van der Waals surface area contributed by atoms with Crippen molar-refractivity contribution in [1.82, 2.24) is 19.9 Å². The lowest BCUT2D eigenvalue weighted by molar-refractivity contribution is 0.584. The molecule has 1 N–H and O–H groups in total. The Labute approximate surface area is 135 Å². The van der Waals surface area contributed by atoms with E-state index in [0.29, 0.717) is 21.3 Å². The minimum absolute atomic E-state index is 0.248. The van der Waals surface area contributed by atoms with Crippen molar-refractivity contribution in [2.45, 2.75) is 0 Å². The summed E-state index contributed by atoms with van der Waals surface area (Å²) < 4.78 is 15.2. The maximum absolute atomic E-state index is 13.9. The number of rotatable bonds is 2. The van der Waals surface area contributed by atoms with Gasteiger partial charge in [-0.2, -0.15) is 9.61 Å². The number of hydrogen-bond donors (Lipinski definition) is 1. The standard InChI is InChI=1S/C15H14FN5OS/c16-11-4-2-1-3-10(11)14-19-21-13(22)9-12(18-15(21)23-14)20-7-5-17-6-8-20/h1-4,9,17H,5-8H2. The Kier molecular flexibility index (Phi) is 3.55. The summed E-state index contributed by atoms with van der Waals surface area (Å²) in [7, 11) is 0. The molecule has 1 saturated heterocycles. The fraction of sp³-hybridized carbons (Fsp3) is 0.267. The van der Waals surface area contributed by atoms with Crippen LogP contribution in [-0.2, 0) is 0 Å². The Hall–Kier alpha value is -2.32. The molecule has 0 radical (unpaired) electrons. The molecule has 0 atom stereocenters. The van der Waals surface area contributed by atoms with E-state index in [1.807, 2.05) is 0 Å². The summed E-state index contributed by atoms with van der Waals surface area (Å²) >= 11 is 1.22. The molecule has 0 spiro atoms. The van der Waals surface area contributed by atoms with E-state index in [1.165, 1.54) is 28.0 Å². The zero-order valence-corrected chi connectivity index (χ0v) is 13.0. The minimum atomic E-state index is -0.359. The van der Waals surface area contributed by atoms with Crippen molar-refractivity contribution in [3.63, 3.8) is 0 Å². The highest BCUT2D eigenvalue weighted by atomic mass is 32.1. The molecule has 0 bridgehead atoms. The van der Waals surface area contributed by atoms with E-state index in [-0.39, 0.29) is 11.4 Å². The molecule has 118 valence electrons. The van der Waals surface area contributed by atoms with Gasteiger partial charge in [-0.05, 0) is 12.1 Å². The highest BCUT2D eigenvalue weighted by molar-refractivity contribution is 7.19. The molecule has 0 unspecified atom stereocenters. The largest absolute Gasteiger partial charge is 0.354 e. The molecule has 3 heterocycles. The first-order valence-corrected chi connectivity index (χ1v) is 8.15. The van der Waals surface area contributed by atoms with Crippen LogP contribution in [0.5, 0.6) is 0 Å². The number of halogens is 1. The van der Waals surface area contributed by atoms with E-state index in [2.05, 4.69) is 20.3 Å². The van der Waals surface area contributed by atoms with Crippen LogP contribution in [0.1, 0.15) is 0 Å². The first-order chi connectivity index (χ1) is 11.2. The second-order valence-corrected chi connectivity index (χ2v) is 6.23. The number of benzene rings is 1. The summed E-state index contributed by atoms with van der Waals surface area (Å²) in [6, 6.07) is 7.88. The van der Waals surface area contributed by atoms with E-state index in [0.717, 1.165) is 26.2 Å². The van der Waals surface area contributed by atoms with Gasteiger partial charge in [-0.25, -0.2) is 9.37 Å². The van der Waals surface area contributed by atoms with Crippen molar-refractivity contribution in [3.8, 4) is 10.6 Å². The SMILES string of the molecule is O=c1cc(N2CCNCC2)nc2sc(-c3ccccc3F)nn12. The molecule has 0 amide bonds. The van der Waals surface area contributed by atoms with Crippen LogP contribution < -0.4 is 15.8 Å². The van der Waals surface area contributed by atoms with Crippen molar-refractivity contribution >= 4 is 22.1 Å². The van der Waals surface area contributed by atoms with Gasteiger partial charge in [0.25, 0.3) is 5.56 Å². The van der Waals surface area contributed by atoms with E-state index in [1.54, 1.807) is 18.2 Å². The maximum Gasteiger partial charge on any atom is 0.277 e. The first kappa shape index (κ1) is 14.3. The Bertz CT molecular complexity index is 916. The van der Waals surface area contributed by atoms with Gasteiger partial charge in [-0.15, -0.1) is 0 Å². The maximum atomic E-state index is 13.9. The topological polar surface area (TPSA) is 62.5 Å². The summed E-state index contributed by atoms with van der Waals surface area (Å²) in [4.78, 5) is 19.4. The van der Waals surface area contributed by atoms with Crippen LogP contribution in [-0.4, -0.2) is 40.8 Å². The summed E-state index contributed by atoms with van der Waals surface area (Å²) in [6.07, 6.45) is 0. The number of piperazine rings is 1. The third kappa shape index (κ3) is 2.60. The number of nitrogens with zero attached hydrogens (tertiary/aromatic N) is 4. The van der Waals surface area contributed by atoms with Gasteiger partial charge in [-0.1, -0.05) is 23.5 Å². The molecule has 4 rings (SSSR count). The number of fused-ring (bicyclic) bond motifs is 1. The first-order valence-electron chi connectivity index (χ1n) is 7.34. The van der Waals surface area contributed by atoms with Gasteiger partial charge in [0.1, 0.15) is 11.6 Å². The minimum Gasteiger partial charge on any atom is -0.354 e. The Morgan fingerprint density at radius 3 is 2.78 bits per heavy atom. The van der Waals surface area contributed by atoms with Crippen LogP contribution >= 0.6 is 11.3 Å². The van der Waals surface area contributed by atoms with Gasteiger partial charge in [0.05, 0.1) is 0 Å². The second-order valence-electron chi connectivity index (χ2n) is 5.27. The van der Waals surface area contributed by atoms with Crippen molar-refractivity contribution in [2.24, 2.45) is 0 Å². The molecule has 0 saturated carbocycles. The molecule has 23 heavy (non-hydrogen) atoms. The zero-order valence-electron chi connectivity index (χ0n) is 12.2. The van der Waals surface area contributed by atoms with Crippen LogP contribution in [0.25, 0.3) is 15.5 Å². The van der Waals surface area contributed by atoms with Crippen molar-refractivity contribution < 1.29 is 4.39 Å². The van der Waals surface area contributed by atoms with Gasteiger partial charge in [-0.3, -0.25) is 4.79 Å². The zero-order chi connectivity index (χ0) is 15.8. The van der Waals surface area contributed by atoms with Gasteiger partial charge < -0.3 is 10.2 Å². The number of nitrogens with one attached hydrogen (secondary N) is 1. The van der Waals surface area contributed by atoms with Crippen LogP contribution in [0.2, 0.25) is 0 Å². The normalized spacial score (nSPS) is 15.3. The van der Waals surface area contributed by atoms with Gasteiger partial charge in [0.2, 0.25) is 4.96 Å². The molecule has 3 aromatic rings. The highest BCUT2D eigenvalue weighted by Crippen LogP contribution is 2.27. The third-order valence-corrected chi connectivity index (χ3v) is 4.72. The molecular weight excluding hydrogens is 317 g/mol. The fourth-order valence-corrected chi connectivity index (χ4v) is 3.53. The number of aromatic nitrogens is 3. The molecular formula is C15H14FN5OS. The third-order valence-electron chi connectivity index (χ3n) is 3.78. The lowest BCUT2D eigenvalue weighted by atomic mass is 10.2. The number of hydrogen-bond acceptors (Lipinski definition) is 6. The molecule has 1 aliphatic rings. The molecule has 1 aromatic carbocycles. The summed E-state index contributed by atoms with van der Waals surface area (Å²) in [5.74, 6) is 0.294. The fourth-order valence-electron chi connectivity index (χ4n) is 2.60. The molecule has 0 aliphatic carbocycles. The van der Waals surface area contributed by atoms with E-state index >= 15 is 0 Å². The van der Waals surface area contributed by atoms with Gasteiger partial charge >= 0.3 is 0 Å². The smallest absolute Gasteiger partial charge is 0.277 e. The van der Waals surface area contributed by atoms with Gasteiger partial charge in [0, 0.05) is 37.8 Å². The van der Waals surface area contributed by atoms with Crippen LogP contribution in [0.3, 0.4) is 0 Å². The van der Waals surface area contributed by atoms with E-state index in [9.17, 15) is 9.18 Å². The average molecular weight is 331 g/mol. The van der Waals surface area contributed by atoms with Crippen molar-refractivity contribution in [3.05, 3.63) is 46.5 Å². The molecule has 2 aromatic heterocycles. The summed E-state index contributed by atoms with van der Waals surface area (Å²) in [6.45, 7) is 3.34. The quantitative estimate of drug-likeness (QED) is 0.768. The van der Waals surface area contributed by atoms with Crippen LogP contribution in [0.4, 0.5) is 10.2 Å². The molecule has 6 nitrogen and oxygen atoms in total. The molecule has 8 heteroatoms. The Morgan fingerprint density at radius 1 is 1.22 bits per heavy atom. The number of anilines is 1. The van der Waals surface area contributed by atoms with Crippen molar-refractivity contribution in [1.29, 1.82) is 0 Å². The highest BCUT2D eigenvalue weighted by Gasteiger charge is 2.17. The lowest BCUT2D eigenvalue weighted by Crippen LogP contribution is -2.44. The lowest BCUT2D eigenvalue weighted by Gasteiger charge is -2.27. The average Bonchev–Trinajstić information content (AvgIpc) is 3.00. The van der Waals surface area contributed by atoms with Crippen LogP contribution in [0, 0.1) is 5.82 Å². The second kappa shape index (κ2) is 5.71. The Balaban J connectivity index is 1.81. The summed E-state index contributed by atoms with van der Waals surface area (Å²) in [5, 5.41) is 7.93. The molecule has 1 aliphatic heterocycles. The molecule has 1 fully saturated rings. The predicted octanol–water partition coefficient (Wildman–Crippen LogP) is 1.37. The van der Waals surface area contributed by atoms with E-state index in [4.69, 9.17) is 0 Å². The van der Waals surface area contributed by atoms with Gasteiger partial charge in [0.15, 0.2) is 5.01 Å². The Morgan fingerprint density at radius 2 is 2.00 bits per heavy atom. The summed E-state index contributed by atoms with van der Waals surface area (Å²) in [5.41, 5.74) is 0.133. The van der Waals surface area contributed by atoms with Crippen LogP contribution in [0.15, 0.2) is 35.1 Å². The van der Waals surface area contributed by atoms with Crippen molar-refractivity contribution in [2.75, 3.05) is 31.1 Å². The monoisotopic (exact) mass is 331 g/mol. The van der Waals surface area contributed by atoms with E-state index < -0.39 is 0 Å².